The van der Waals surface area contributed by atoms with Gasteiger partial charge in [-0.3, -0.25) is 9.69 Å². The summed E-state index contributed by atoms with van der Waals surface area (Å²) in [5.41, 5.74) is 6.01. The Morgan fingerprint density at radius 1 is 1.38 bits per heavy atom. The third-order valence-electron chi connectivity index (χ3n) is 3.17. The minimum absolute atomic E-state index is 0.113. The molecule has 16 heavy (non-hydrogen) atoms. The second-order valence-corrected chi connectivity index (χ2v) is 4.76. The molecule has 1 aliphatic rings. The second kappa shape index (κ2) is 6.21. The van der Waals surface area contributed by atoms with Crippen molar-refractivity contribution < 1.29 is 9.53 Å². The van der Waals surface area contributed by atoms with E-state index in [9.17, 15) is 4.79 Å². The summed E-state index contributed by atoms with van der Waals surface area (Å²) in [6.07, 6.45) is 2.41. The smallest absolute Gasteiger partial charge is 0.324 e. The Labute approximate surface area is 98.1 Å². The highest BCUT2D eigenvalue weighted by Crippen LogP contribution is 2.20. The molecule has 1 saturated heterocycles. The van der Waals surface area contributed by atoms with Crippen LogP contribution in [0.4, 0.5) is 0 Å². The van der Waals surface area contributed by atoms with Crippen molar-refractivity contribution >= 4 is 5.97 Å². The molecule has 0 aromatic heterocycles. The van der Waals surface area contributed by atoms with Gasteiger partial charge >= 0.3 is 5.97 Å². The van der Waals surface area contributed by atoms with Crippen LogP contribution in [0.25, 0.3) is 0 Å². The van der Waals surface area contributed by atoms with Crippen molar-refractivity contribution in [3.8, 4) is 0 Å². The highest BCUT2D eigenvalue weighted by Gasteiger charge is 2.34. The van der Waals surface area contributed by atoms with Gasteiger partial charge in [-0.1, -0.05) is 13.8 Å². The molecule has 1 fully saturated rings. The molecule has 0 spiro atoms. The fraction of sp³-hybridized carbons (Fsp3) is 0.917. The monoisotopic (exact) mass is 228 g/mol. The molecule has 2 N–H and O–H groups in total. The maximum absolute atomic E-state index is 11.7. The number of ether oxygens (including phenoxy) is 1. The van der Waals surface area contributed by atoms with E-state index in [4.69, 9.17) is 10.5 Å². The van der Waals surface area contributed by atoms with Gasteiger partial charge in [0.05, 0.1) is 6.61 Å². The third-order valence-corrected chi connectivity index (χ3v) is 3.17. The van der Waals surface area contributed by atoms with E-state index in [0.717, 1.165) is 13.1 Å². The van der Waals surface area contributed by atoms with Crippen LogP contribution in [0.5, 0.6) is 0 Å². The first-order valence-electron chi connectivity index (χ1n) is 6.24. The zero-order valence-corrected chi connectivity index (χ0v) is 10.6. The maximum atomic E-state index is 11.7. The molecule has 0 aliphatic carbocycles. The third kappa shape index (κ3) is 3.19. The summed E-state index contributed by atoms with van der Waals surface area (Å²) in [6.45, 7) is 8.54. The number of nitrogens with zero attached hydrogens (tertiary/aromatic N) is 1. The number of carbonyl (C=O) groups is 1. The molecule has 0 saturated carbocycles. The van der Waals surface area contributed by atoms with Gasteiger partial charge in [0, 0.05) is 6.04 Å². The lowest BCUT2D eigenvalue weighted by atomic mass is 9.95. The summed E-state index contributed by atoms with van der Waals surface area (Å²) < 4.78 is 5.00. The number of esters is 1. The zero-order valence-electron chi connectivity index (χ0n) is 10.6. The van der Waals surface area contributed by atoms with Crippen molar-refractivity contribution in [1.82, 2.24) is 4.90 Å². The molecule has 0 amide bonds. The summed E-state index contributed by atoms with van der Waals surface area (Å²) in [7, 11) is 0. The van der Waals surface area contributed by atoms with E-state index in [0.29, 0.717) is 12.5 Å². The molecule has 1 rings (SSSR count). The molecule has 94 valence electrons. The van der Waals surface area contributed by atoms with Gasteiger partial charge in [0.2, 0.25) is 0 Å². The Balaban J connectivity index is 2.64. The standard InChI is InChI=1S/C12H24N2O2/c1-4-16-12(15)10(13)11(9(2)3)14-7-5-6-8-14/h9-11H,4-8,13H2,1-3H3/t10-,11-/m0/s1. The normalized spacial score (nSPS) is 21.1. The number of nitrogens with two attached hydrogens (primary N) is 1. The topological polar surface area (TPSA) is 55.6 Å². The van der Waals surface area contributed by atoms with Gasteiger partial charge in [-0.25, -0.2) is 0 Å². The lowest BCUT2D eigenvalue weighted by Gasteiger charge is -2.34. The molecule has 1 heterocycles. The molecule has 2 atom stereocenters. The number of carbonyl (C=O) groups excluding carboxylic acids is 1. The second-order valence-electron chi connectivity index (χ2n) is 4.76. The van der Waals surface area contributed by atoms with Crippen LogP contribution in [0.15, 0.2) is 0 Å². The Hall–Kier alpha value is -0.610. The van der Waals surface area contributed by atoms with Crippen LogP contribution in [-0.4, -0.2) is 42.6 Å². The van der Waals surface area contributed by atoms with Crippen molar-refractivity contribution in [2.75, 3.05) is 19.7 Å². The Morgan fingerprint density at radius 3 is 2.38 bits per heavy atom. The molecule has 0 aromatic carbocycles. The number of likely N-dealkylation sites (tertiary alicyclic amines) is 1. The summed E-state index contributed by atoms with van der Waals surface area (Å²) in [6, 6.07) is -0.403. The quantitative estimate of drug-likeness (QED) is 0.713. The minimum Gasteiger partial charge on any atom is -0.465 e. The van der Waals surface area contributed by atoms with Crippen LogP contribution < -0.4 is 5.73 Å². The van der Waals surface area contributed by atoms with Gasteiger partial charge in [0.15, 0.2) is 0 Å². The van der Waals surface area contributed by atoms with E-state index in [-0.39, 0.29) is 12.0 Å². The van der Waals surface area contributed by atoms with Crippen molar-refractivity contribution in [3.05, 3.63) is 0 Å². The fourth-order valence-electron chi connectivity index (χ4n) is 2.48. The van der Waals surface area contributed by atoms with Crippen LogP contribution >= 0.6 is 0 Å². The summed E-state index contributed by atoms with van der Waals surface area (Å²) in [5, 5.41) is 0. The molecular weight excluding hydrogens is 204 g/mol. The fourth-order valence-corrected chi connectivity index (χ4v) is 2.48. The molecule has 0 bridgehead atoms. The van der Waals surface area contributed by atoms with Crippen LogP contribution in [0.2, 0.25) is 0 Å². The lowest BCUT2D eigenvalue weighted by Crippen LogP contribution is -2.54. The zero-order chi connectivity index (χ0) is 12.1. The average molecular weight is 228 g/mol. The van der Waals surface area contributed by atoms with Crippen molar-refractivity contribution in [3.63, 3.8) is 0 Å². The summed E-state index contributed by atoms with van der Waals surface area (Å²) in [5.74, 6) is 0.102. The van der Waals surface area contributed by atoms with Gasteiger partial charge in [-0.2, -0.15) is 0 Å². The van der Waals surface area contributed by atoms with E-state index < -0.39 is 6.04 Å². The Bertz CT molecular complexity index is 225. The van der Waals surface area contributed by atoms with Crippen molar-refractivity contribution in [2.24, 2.45) is 11.7 Å². The Kier molecular flexibility index (Phi) is 5.22. The molecular formula is C12H24N2O2. The number of rotatable bonds is 5. The van der Waals surface area contributed by atoms with Crippen LogP contribution in [-0.2, 0) is 9.53 Å². The SMILES string of the molecule is CCOC(=O)[C@@H](N)[C@H](C(C)C)N1CCCC1. The van der Waals surface area contributed by atoms with Crippen molar-refractivity contribution in [2.45, 2.75) is 45.7 Å². The highest BCUT2D eigenvalue weighted by molar-refractivity contribution is 5.76. The first kappa shape index (κ1) is 13.5. The predicted octanol–water partition coefficient (Wildman–Crippen LogP) is 0.997. The van der Waals surface area contributed by atoms with Gasteiger partial charge in [0.25, 0.3) is 0 Å². The molecule has 4 heteroatoms. The summed E-state index contributed by atoms with van der Waals surface area (Å²) >= 11 is 0. The first-order chi connectivity index (χ1) is 7.57. The van der Waals surface area contributed by atoms with Crippen LogP contribution in [0, 0.1) is 5.92 Å². The molecule has 0 radical (unpaired) electrons. The Morgan fingerprint density at radius 2 is 1.94 bits per heavy atom. The van der Waals surface area contributed by atoms with E-state index in [2.05, 4.69) is 18.7 Å². The molecule has 0 unspecified atom stereocenters. The van der Waals surface area contributed by atoms with Crippen molar-refractivity contribution in [1.29, 1.82) is 0 Å². The predicted molar refractivity (Wildman–Crippen MR) is 64.0 cm³/mol. The average Bonchev–Trinajstić information content (AvgIpc) is 2.71. The lowest BCUT2D eigenvalue weighted by molar-refractivity contribution is -0.146. The molecule has 0 aromatic rings. The van der Waals surface area contributed by atoms with E-state index in [1.807, 2.05) is 6.92 Å². The van der Waals surface area contributed by atoms with Gasteiger partial charge in [0.1, 0.15) is 6.04 Å². The van der Waals surface area contributed by atoms with Crippen LogP contribution in [0.3, 0.4) is 0 Å². The van der Waals surface area contributed by atoms with E-state index >= 15 is 0 Å². The van der Waals surface area contributed by atoms with E-state index in [1.165, 1.54) is 12.8 Å². The van der Waals surface area contributed by atoms with Gasteiger partial charge in [-0.05, 0) is 38.8 Å². The van der Waals surface area contributed by atoms with Crippen LogP contribution in [0.1, 0.15) is 33.6 Å². The number of hydrogen-bond acceptors (Lipinski definition) is 4. The largest absolute Gasteiger partial charge is 0.465 e. The molecule has 1 aliphatic heterocycles. The van der Waals surface area contributed by atoms with Gasteiger partial charge in [-0.15, -0.1) is 0 Å². The van der Waals surface area contributed by atoms with Gasteiger partial charge < -0.3 is 10.5 Å². The van der Waals surface area contributed by atoms with E-state index in [1.54, 1.807) is 0 Å². The maximum Gasteiger partial charge on any atom is 0.324 e. The summed E-state index contributed by atoms with van der Waals surface area (Å²) in [4.78, 5) is 14.0. The first-order valence-corrected chi connectivity index (χ1v) is 6.24. The minimum atomic E-state index is -0.516. The highest BCUT2D eigenvalue weighted by atomic mass is 16.5. The number of hydrogen-bond donors (Lipinski definition) is 1. The molecule has 4 nitrogen and oxygen atoms in total.